The van der Waals surface area contributed by atoms with Crippen molar-refractivity contribution < 1.29 is 14.3 Å². The Kier molecular flexibility index (Phi) is 4.78. The lowest BCUT2D eigenvalue weighted by Crippen LogP contribution is -2.40. The first kappa shape index (κ1) is 17.0. The molecule has 0 unspecified atom stereocenters. The van der Waals surface area contributed by atoms with Crippen molar-refractivity contribution >= 4 is 5.91 Å². The van der Waals surface area contributed by atoms with Gasteiger partial charge in [-0.2, -0.15) is 0 Å². The minimum Gasteiger partial charge on any atom is -0.353 e. The molecule has 4 rings (SSSR count). The van der Waals surface area contributed by atoms with Gasteiger partial charge in [-0.3, -0.25) is 9.78 Å². The number of hydrogen-bond donors (Lipinski definition) is 1. The highest BCUT2D eigenvalue weighted by molar-refractivity contribution is 5.83. The van der Waals surface area contributed by atoms with Crippen molar-refractivity contribution in [3.8, 4) is 0 Å². The van der Waals surface area contributed by atoms with Crippen LogP contribution in [0.1, 0.15) is 62.6 Å². The van der Waals surface area contributed by atoms with Gasteiger partial charge in [0.1, 0.15) is 6.10 Å². The maximum absolute atomic E-state index is 12.7. The molecule has 2 atom stereocenters. The van der Waals surface area contributed by atoms with Crippen LogP contribution >= 0.6 is 0 Å². The lowest BCUT2D eigenvalue weighted by Gasteiger charge is -2.34. The minimum atomic E-state index is -0.388. The largest absolute Gasteiger partial charge is 0.353 e. The molecule has 136 valence electrons. The smallest absolute Gasteiger partial charge is 0.229 e. The maximum Gasteiger partial charge on any atom is 0.229 e. The molecule has 5 nitrogen and oxygen atoms in total. The number of carbonyl (C=O) groups is 1. The fourth-order valence-electron chi connectivity index (χ4n) is 4.38. The van der Waals surface area contributed by atoms with Gasteiger partial charge in [-0.15, -0.1) is 0 Å². The van der Waals surface area contributed by atoms with Crippen LogP contribution in [0.25, 0.3) is 0 Å². The van der Waals surface area contributed by atoms with E-state index in [0.29, 0.717) is 13.2 Å². The molecule has 1 aromatic rings. The van der Waals surface area contributed by atoms with Gasteiger partial charge in [0.15, 0.2) is 5.79 Å². The highest BCUT2D eigenvalue weighted by Crippen LogP contribution is 2.39. The molecule has 25 heavy (non-hydrogen) atoms. The average molecular weight is 344 g/mol. The Morgan fingerprint density at radius 3 is 3.04 bits per heavy atom. The summed E-state index contributed by atoms with van der Waals surface area (Å²) in [6.07, 6.45) is 8.94. The number of hydrogen-bond acceptors (Lipinski definition) is 4. The molecule has 1 aliphatic heterocycles. The second kappa shape index (κ2) is 7.04. The summed E-state index contributed by atoms with van der Waals surface area (Å²) in [5.74, 6) is 0.314. The van der Waals surface area contributed by atoms with E-state index in [1.54, 1.807) is 6.20 Å². The fourth-order valence-corrected chi connectivity index (χ4v) is 4.38. The zero-order valence-corrected chi connectivity index (χ0v) is 15.0. The topological polar surface area (TPSA) is 60.5 Å². The number of carbonyl (C=O) groups excluding carboxylic acids is 1. The maximum atomic E-state index is 12.7. The van der Waals surface area contributed by atoms with Crippen molar-refractivity contribution in [1.82, 2.24) is 10.3 Å². The molecule has 2 fully saturated rings. The van der Waals surface area contributed by atoms with E-state index in [-0.39, 0.29) is 23.7 Å². The van der Waals surface area contributed by atoms with Gasteiger partial charge in [0.2, 0.25) is 5.91 Å². The Hall–Kier alpha value is -1.46. The number of rotatable bonds is 3. The monoisotopic (exact) mass is 344 g/mol. The summed E-state index contributed by atoms with van der Waals surface area (Å²) >= 11 is 0. The number of pyridine rings is 1. The summed E-state index contributed by atoms with van der Waals surface area (Å²) in [4.78, 5) is 17.1. The predicted molar refractivity (Wildman–Crippen MR) is 94.1 cm³/mol. The van der Waals surface area contributed by atoms with Crippen LogP contribution in [0.4, 0.5) is 0 Å². The van der Waals surface area contributed by atoms with Crippen LogP contribution in [-0.2, 0) is 20.7 Å². The number of aromatic nitrogens is 1. The van der Waals surface area contributed by atoms with Crippen LogP contribution < -0.4 is 5.32 Å². The van der Waals surface area contributed by atoms with Gasteiger partial charge < -0.3 is 14.8 Å². The Bertz CT molecular complexity index is 625. The van der Waals surface area contributed by atoms with Crippen LogP contribution in [-0.4, -0.2) is 35.9 Å². The quantitative estimate of drug-likeness (QED) is 0.916. The van der Waals surface area contributed by atoms with Gasteiger partial charge in [0.25, 0.3) is 0 Å². The summed E-state index contributed by atoms with van der Waals surface area (Å²) in [7, 11) is 0. The first-order valence-electron chi connectivity index (χ1n) is 9.68. The highest BCUT2D eigenvalue weighted by Gasteiger charge is 2.43. The number of fused-ring (bicyclic) bond motifs is 1. The second-order valence-corrected chi connectivity index (χ2v) is 7.88. The van der Waals surface area contributed by atoms with Gasteiger partial charge in [-0.25, -0.2) is 0 Å². The molecule has 2 heterocycles. The Labute approximate surface area is 149 Å². The molecule has 5 heteroatoms. The van der Waals surface area contributed by atoms with Crippen LogP contribution in [0.2, 0.25) is 0 Å². The third-order valence-electron chi connectivity index (χ3n) is 5.97. The number of nitrogens with one attached hydrogen (secondary N) is 1. The molecule has 0 bridgehead atoms. The normalized spacial score (nSPS) is 34.7. The van der Waals surface area contributed by atoms with Gasteiger partial charge in [-0.1, -0.05) is 13.0 Å². The second-order valence-electron chi connectivity index (χ2n) is 7.88. The van der Waals surface area contributed by atoms with E-state index in [4.69, 9.17) is 9.47 Å². The summed E-state index contributed by atoms with van der Waals surface area (Å²) in [5, 5.41) is 3.08. The van der Waals surface area contributed by atoms with E-state index in [0.717, 1.165) is 56.6 Å². The Morgan fingerprint density at radius 2 is 2.20 bits per heavy atom. The average Bonchev–Trinajstić information content (AvgIpc) is 3.05. The minimum absolute atomic E-state index is 0.0378. The van der Waals surface area contributed by atoms with E-state index in [1.807, 2.05) is 6.07 Å². The van der Waals surface area contributed by atoms with Crippen molar-refractivity contribution in [2.75, 3.05) is 13.2 Å². The van der Waals surface area contributed by atoms with Crippen molar-refractivity contribution in [3.05, 3.63) is 29.6 Å². The van der Waals surface area contributed by atoms with E-state index >= 15 is 0 Å². The summed E-state index contributed by atoms with van der Waals surface area (Å²) in [5.41, 5.74) is 2.16. The van der Waals surface area contributed by atoms with Gasteiger partial charge in [0, 0.05) is 25.6 Å². The summed E-state index contributed by atoms with van der Waals surface area (Å²) in [6.45, 7) is 3.39. The molecule has 1 saturated heterocycles. The summed E-state index contributed by atoms with van der Waals surface area (Å²) < 4.78 is 12.2. The SMILES string of the molecule is CC1CCC2(CC1)OC[C@@H](CNC(=O)[C@H]1CCCc3cccnc31)O2. The third-order valence-corrected chi connectivity index (χ3v) is 5.97. The number of nitrogens with zero attached hydrogens (tertiary/aromatic N) is 1. The fraction of sp³-hybridized carbons (Fsp3) is 0.700. The standard InChI is InChI=1S/C20H28N2O3/c1-14-7-9-20(10-8-14)24-13-16(25-20)12-22-19(23)17-6-2-4-15-5-3-11-21-18(15)17/h3,5,11,14,16-17H,2,4,6-10,12-13H2,1H3,(H,22,23)/t14?,16-,17+,20?/m1/s1. The van der Waals surface area contributed by atoms with Crippen molar-refractivity contribution in [3.63, 3.8) is 0 Å². The van der Waals surface area contributed by atoms with E-state index in [1.165, 1.54) is 5.56 Å². The summed E-state index contributed by atoms with van der Waals surface area (Å²) in [6, 6.07) is 4.04. The van der Waals surface area contributed by atoms with Crippen LogP contribution in [0.15, 0.2) is 18.3 Å². The van der Waals surface area contributed by atoms with Gasteiger partial charge in [0.05, 0.1) is 18.2 Å². The molecule has 1 spiro atoms. The molecule has 1 amide bonds. The molecule has 1 saturated carbocycles. The van der Waals surface area contributed by atoms with Gasteiger partial charge in [-0.05, 0) is 49.7 Å². The molecule has 2 aliphatic carbocycles. The number of amides is 1. The first-order chi connectivity index (χ1) is 12.2. The molecular formula is C20H28N2O3. The zero-order valence-electron chi connectivity index (χ0n) is 15.0. The lowest BCUT2D eigenvalue weighted by atomic mass is 9.86. The van der Waals surface area contributed by atoms with Crippen LogP contribution in [0, 0.1) is 5.92 Å². The van der Waals surface area contributed by atoms with Crippen LogP contribution in [0.3, 0.4) is 0 Å². The van der Waals surface area contributed by atoms with Crippen molar-refractivity contribution in [2.45, 2.75) is 69.7 Å². The lowest BCUT2D eigenvalue weighted by molar-refractivity contribution is -0.191. The van der Waals surface area contributed by atoms with Gasteiger partial charge >= 0.3 is 0 Å². The molecule has 0 aromatic carbocycles. The third kappa shape index (κ3) is 3.58. The van der Waals surface area contributed by atoms with E-state index in [2.05, 4.69) is 23.3 Å². The zero-order chi connectivity index (χ0) is 17.3. The molecule has 3 aliphatic rings. The van der Waals surface area contributed by atoms with Crippen molar-refractivity contribution in [1.29, 1.82) is 0 Å². The number of ether oxygens (including phenoxy) is 2. The highest BCUT2D eigenvalue weighted by atomic mass is 16.7. The molecule has 0 radical (unpaired) electrons. The Morgan fingerprint density at radius 1 is 1.36 bits per heavy atom. The van der Waals surface area contributed by atoms with E-state index < -0.39 is 0 Å². The number of aryl methyl sites for hydroxylation is 1. The van der Waals surface area contributed by atoms with E-state index in [9.17, 15) is 4.79 Å². The molecule has 1 aromatic heterocycles. The Balaban J connectivity index is 1.32. The van der Waals surface area contributed by atoms with Crippen LogP contribution in [0.5, 0.6) is 0 Å². The molecule has 1 N–H and O–H groups in total. The van der Waals surface area contributed by atoms with Crippen molar-refractivity contribution in [2.24, 2.45) is 5.92 Å². The molecular weight excluding hydrogens is 316 g/mol. The first-order valence-corrected chi connectivity index (χ1v) is 9.68. The predicted octanol–water partition coefficient (Wildman–Crippen LogP) is 2.94.